The van der Waals surface area contributed by atoms with Gasteiger partial charge in [-0.1, -0.05) is 46.3 Å². The average Bonchev–Trinajstić information content (AvgIpc) is 3.04. The highest BCUT2D eigenvalue weighted by atomic mass is 79.9. The fraction of sp³-hybridized carbons (Fsp3) is 0.0588. The van der Waals surface area contributed by atoms with E-state index in [1.165, 1.54) is 23.5 Å². The molecule has 3 rings (SSSR count). The molecular formula is C17H13BrFN3S. The number of hydrogen-bond acceptors (Lipinski definition) is 4. The van der Waals surface area contributed by atoms with Gasteiger partial charge < -0.3 is 0 Å². The molecule has 0 aliphatic heterocycles. The zero-order valence-electron chi connectivity index (χ0n) is 12.0. The van der Waals surface area contributed by atoms with E-state index in [-0.39, 0.29) is 5.82 Å². The van der Waals surface area contributed by atoms with Gasteiger partial charge in [0.15, 0.2) is 0 Å². The number of rotatable bonds is 5. The standard InChI is InChI=1S/C17H13BrFN3S/c18-9-12-6-13(8-15(19)7-12)10-20-22-17-21-16(11-23-17)14-4-2-1-3-5-14/h1-8,10-11H,9H2,(H,21,22). The second-order valence-electron chi connectivity index (χ2n) is 4.80. The zero-order chi connectivity index (χ0) is 16.1. The highest BCUT2D eigenvalue weighted by Crippen LogP contribution is 2.24. The third-order valence-electron chi connectivity index (χ3n) is 3.08. The van der Waals surface area contributed by atoms with Crippen LogP contribution in [0.15, 0.2) is 59.0 Å². The van der Waals surface area contributed by atoms with Crippen molar-refractivity contribution in [3.8, 4) is 11.3 Å². The maximum absolute atomic E-state index is 13.4. The van der Waals surface area contributed by atoms with Gasteiger partial charge >= 0.3 is 0 Å². The van der Waals surface area contributed by atoms with Crippen LogP contribution in [-0.2, 0) is 5.33 Å². The molecule has 0 spiro atoms. The molecule has 1 aromatic heterocycles. The smallest absolute Gasteiger partial charge is 0.203 e. The molecule has 0 bridgehead atoms. The number of hydrogen-bond donors (Lipinski definition) is 1. The quantitative estimate of drug-likeness (QED) is 0.365. The highest BCUT2D eigenvalue weighted by molar-refractivity contribution is 9.08. The first kappa shape index (κ1) is 15.8. The van der Waals surface area contributed by atoms with Crippen molar-refractivity contribution in [1.29, 1.82) is 0 Å². The van der Waals surface area contributed by atoms with E-state index in [0.717, 1.165) is 16.8 Å². The summed E-state index contributed by atoms with van der Waals surface area (Å²) in [5.41, 5.74) is 6.42. The Hall–Kier alpha value is -2.05. The Balaban J connectivity index is 1.69. The van der Waals surface area contributed by atoms with E-state index in [1.54, 1.807) is 6.21 Å². The molecule has 0 saturated carbocycles. The second kappa shape index (κ2) is 7.48. The van der Waals surface area contributed by atoms with E-state index in [2.05, 4.69) is 31.4 Å². The normalized spacial score (nSPS) is 11.0. The summed E-state index contributed by atoms with van der Waals surface area (Å²) in [4.78, 5) is 4.48. The number of anilines is 1. The maximum atomic E-state index is 13.4. The molecule has 1 N–H and O–H groups in total. The number of hydrazone groups is 1. The van der Waals surface area contributed by atoms with Crippen LogP contribution in [0.4, 0.5) is 9.52 Å². The van der Waals surface area contributed by atoms with Crippen LogP contribution in [0.25, 0.3) is 11.3 Å². The Morgan fingerprint density at radius 1 is 1.22 bits per heavy atom. The molecule has 0 aliphatic carbocycles. The van der Waals surface area contributed by atoms with Crippen LogP contribution in [-0.4, -0.2) is 11.2 Å². The van der Waals surface area contributed by atoms with Gasteiger partial charge in [0, 0.05) is 16.3 Å². The summed E-state index contributed by atoms with van der Waals surface area (Å²) in [6.07, 6.45) is 1.58. The molecule has 0 saturated heterocycles. The van der Waals surface area contributed by atoms with E-state index < -0.39 is 0 Å². The van der Waals surface area contributed by atoms with Crippen molar-refractivity contribution in [3.05, 3.63) is 70.9 Å². The lowest BCUT2D eigenvalue weighted by Crippen LogP contribution is -1.92. The van der Waals surface area contributed by atoms with Crippen LogP contribution >= 0.6 is 27.3 Å². The van der Waals surface area contributed by atoms with Crippen LogP contribution in [0, 0.1) is 5.82 Å². The summed E-state index contributed by atoms with van der Waals surface area (Å²) in [6, 6.07) is 14.8. The van der Waals surface area contributed by atoms with E-state index in [1.807, 2.05) is 41.8 Å². The van der Waals surface area contributed by atoms with Crippen molar-refractivity contribution >= 4 is 38.6 Å². The fourth-order valence-electron chi connectivity index (χ4n) is 2.06. The molecule has 23 heavy (non-hydrogen) atoms. The molecule has 0 fully saturated rings. The van der Waals surface area contributed by atoms with Gasteiger partial charge in [0.1, 0.15) is 5.82 Å². The number of alkyl halides is 1. The summed E-state index contributed by atoms with van der Waals surface area (Å²) < 4.78 is 13.4. The zero-order valence-corrected chi connectivity index (χ0v) is 14.4. The molecule has 1 heterocycles. The van der Waals surface area contributed by atoms with Crippen molar-refractivity contribution in [2.75, 3.05) is 5.43 Å². The third-order valence-corrected chi connectivity index (χ3v) is 4.48. The molecule has 0 radical (unpaired) electrons. The largest absolute Gasteiger partial charge is 0.253 e. The third kappa shape index (κ3) is 4.24. The first-order valence-electron chi connectivity index (χ1n) is 6.90. The van der Waals surface area contributed by atoms with Gasteiger partial charge in [-0.25, -0.2) is 9.37 Å². The summed E-state index contributed by atoms with van der Waals surface area (Å²) in [7, 11) is 0. The summed E-state index contributed by atoms with van der Waals surface area (Å²) in [6.45, 7) is 0. The minimum Gasteiger partial charge on any atom is -0.253 e. The number of benzene rings is 2. The van der Waals surface area contributed by atoms with E-state index in [9.17, 15) is 4.39 Å². The maximum Gasteiger partial charge on any atom is 0.203 e. The molecule has 3 nitrogen and oxygen atoms in total. The lowest BCUT2D eigenvalue weighted by molar-refractivity contribution is 0.626. The number of nitrogens with one attached hydrogen (secondary N) is 1. The van der Waals surface area contributed by atoms with Gasteiger partial charge in [0.25, 0.3) is 0 Å². The van der Waals surface area contributed by atoms with Crippen LogP contribution in [0.1, 0.15) is 11.1 Å². The average molecular weight is 390 g/mol. The molecule has 6 heteroatoms. The van der Waals surface area contributed by atoms with Crippen LogP contribution in [0.3, 0.4) is 0 Å². The Labute approximate surface area is 146 Å². The molecule has 3 aromatic rings. The van der Waals surface area contributed by atoms with Gasteiger partial charge in [0.2, 0.25) is 5.13 Å². The Morgan fingerprint density at radius 2 is 2.04 bits per heavy atom. The number of aromatic nitrogens is 1. The van der Waals surface area contributed by atoms with Gasteiger partial charge in [-0.2, -0.15) is 5.10 Å². The van der Waals surface area contributed by atoms with E-state index in [4.69, 9.17) is 0 Å². The second-order valence-corrected chi connectivity index (χ2v) is 6.22. The summed E-state index contributed by atoms with van der Waals surface area (Å²) >= 11 is 4.79. The van der Waals surface area contributed by atoms with Gasteiger partial charge in [-0.3, -0.25) is 5.43 Å². The molecule has 0 aliphatic rings. The Morgan fingerprint density at radius 3 is 2.83 bits per heavy atom. The minimum absolute atomic E-state index is 0.274. The van der Waals surface area contributed by atoms with Crippen LogP contribution in [0.5, 0.6) is 0 Å². The summed E-state index contributed by atoms with van der Waals surface area (Å²) in [5.74, 6) is -0.274. The predicted molar refractivity (Wildman–Crippen MR) is 97.8 cm³/mol. The number of nitrogens with zero attached hydrogens (tertiary/aromatic N) is 2. The van der Waals surface area contributed by atoms with Crippen molar-refractivity contribution in [2.45, 2.75) is 5.33 Å². The predicted octanol–water partition coefficient (Wildman–Crippen LogP) is 5.29. The van der Waals surface area contributed by atoms with E-state index >= 15 is 0 Å². The van der Waals surface area contributed by atoms with Gasteiger partial charge in [-0.05, 0) is 29.3 Å². The van der Waals surface area contributed by atoms with Crippen molar-refractivity contribution < 1.29 is 4.39 Å². The molecule has 0 amide bonds. The molecule has 116 valence electrons. The minimum atomic E-state index is -0.274. The first-order chi connectivity index (χ1) is 11.2. The summed E-state index contributed by atoms with van der Waals surface area (Å²) in [5, 5.41) is 7.39. The van der Waals surface area contributed by atoms with Gasteiger partial charge in [0.05, 0.1) is 11.9 Å². The number of halogens is 2. The van der Waals surface area contributed by atoms with Gasteiger partial charge in [-0.15, -0.1) is 11.3 Å². The first-order valence-corrected chi connectivity index (χ1v) is 8.90. The Bertz CT molecular complexity index is 818. The monoisotopic (exact) mass is 389 g/mol. The molecule has 0 unspecified atom stereocenters. The topological polar surface area (TPSA) is 37.3 Å². The fourth-order valence-corrected chi connectivity index (χ4v) is 3.05. The van der Waals surface area contributed by atoms with E-state index in [0.29, 0.717) is 16.0 Å². The Kier molecular flexibility index (Phi) is 5.15. The lowest BCUT2D eigenvalue weighted by Gasteiger charge is -1.99. The molecule has 0 atom stereocenters. The lowest BCUT2D eigenvalue weighted by atomic mass is 10.1. The van der Waals surface area contributed by atoms with Crippen molar-refractivity contribution in [3.63, 3.8) is 0 Å². The van der Waals surface area contributed by atoms with Crippen molar-refractivity contribution in [2.24, 2.45) is 5.10 Å². The molecular weight excluding hydrogens is 377 g/mol. The van der Waals surface area contributed by atoms with Crippen LogP contribution < -0.4 is 5.43 Å². The SMILES string of the molecule is Fc1cc(C=NNc2nc(-c3ccccc3)cs2)cc(CBr)c1. The highest BCUT2D eigenvalue weighted by Gasteiger charge is 2.03. The molecule has 2 aromatic carbocycles. The van der Waals surface area contributed by atoms with Crippen molar-refractivity contribution in [1.82, 2.24) is 4.98 Å². The van der Waals surface area contributed by atoms with Crippen LogP contribution in [0.2, 0.25) is 0 Å². The number of thiazole rings is 1.